The Kier molecular flexibility index (Phi) is 7.31. The third-order valence-electron chi connectivity index (χ3n) is 5.19. The smallest absolute Gasteiger partial charge is 0.228 e. The number of ether oxygens (including phenoxy) is 2. The summed E-state index contributed by atoms with van der Waals surface area (Å²) < 4.78 is 10.5. The Bertz CT molecular complexity index is 768. The fraction of sp³-hybridized carbons (Fsp3) is 0.435. The first-order valence-corrected chi connectivity index (χ1v) is 10.00. The van der Waals surface area contributed by atoms with Gasteiger partial charge >= 0.3 is 0 Å². The van der Waals surface area contributed by atoms with Crippen LogP contribution in [0.5, 0.6) is 11.5 Å². The average Bonchev–Trinajstić information content (AvgIpc) is 3.22. The molecule has 5 nitrogen and oxygen atoms in total. The molecule has 1 aliphatic rings. The molecule has 5 heteroatoms. The molecule has 0 saturated carbocycles. The van der Waals surface area contributed by atoms with Gasteiger partial charge in [-0.15, -0.1) is 0 Å². The molecule has 2 aromatic rings. The Hall–Kier alpha value is -2.53. The van der Waals surface area contributed by atoms with Gasteiger partial charge < -0.3 is 19.7 Å². The highest BCUT2D eigenvalue weighted by molar-refractivity contribution is 5.92. The van der Waals surface area contributed by atoms with Crippen molar-refractivity contribution in [1.82, 2.24) is 4.90 Å². The maximum absolute atomic E-state index is 12.4. The molecule has 0 bridgehead atoms. The number of aryl methyl sites for hydroxylation is 1. The highest BCUT2D eigenvalue weighted by atomic mass is 16.5. The molecule has 3 rings (SSSR count). The number of amides is 1. The minimum atomic E-state index is -0.0472. The number of benzene rings is 2. The number of hydrogen-bond donors (Lipinski definition) is 1. The Morgan fingerprint density at radius 2 is 1.64 bits per heavy atom. The largest absolute Gasteiger partial charge is 0.493 e. The van der Waals surface area contributed by atoms with Gasteiger partial charge in [0.1, 0.15) is 0 Å². The van der Waals surface area contributed by atoms with E-state index in [1.807, 2.05) is 30.3 Å². The second kappa shape index (κ2) is 10.1. The summed E-state index contributed by atoms with van der Waals surface area (Å²) in [5, 5.41) is 2.97. The number of hydrogen-bond acceptors (Lipinski definition) is 4. The molecular weight excluding hydrogens is 352 g/mol. The molecule has 1 aliphatic heterocycles. The van der Waals surface area contributed by atoms with E-state index in [9.17, 15) is 4.79 Å². The van der Waals surface area contributed by atoms with Gasteiger partial charge in [-0.2, -0.15) is 0 Å². The van der Waals surface area contributed by atoms with Gasteiger partial charge in [0.2, 0.25) is 5.91 Å². The summed E-state index contributed by atoms with van der Waals surface area (Å²) >= 11 is 0. The molecule has 0 unspecified atom stereocenters. The van der Waals surface area contributed by atoms with Gasteiger partial charge in [-0.25, -0.2) is 0 Å². The maximum Gasteiger partial charge on any atom is 0.228 e. The zero-order valence-electron chi connectivity index (χ0n) is 16.9. The van der Waals surface area contributed by atoms with Gasteiger partial charge in [-0.05, 0) is 80.7 Å². The number of carbonyl (C=O) groups is 1. The summed E-state index contributed by atoms with van der Waals surface area (Å²) in [4.78, 5) is 14.9. The highest BCUT2D eigenvalue weighted by Crippen LogP contribution is 2.27. The first kappa shape index (κ1) is 20.2. The van der Waals surface area contributed by atoms with Crippen molar-refractivity contribution in [1.29, 1.82) is 0 Å². The summed E-state index contributed by atoms with van der Waals surface area (Å²) in [6, 6.07) is 13.7. The van der Waals surface area contributed by atoms with Crippen LogP contribution in [0.1, 0.15) is 30.4 Å². The molecule has 1 heterocycles. The second-order valence-electron chi connectivity index (χ2n) is 7.26. The number of likely N-dealkylation sites (tertiary alicyclic amines) is 1. The van der Waals surface area contributed by atoms with Crippen LogP contribution in [-0.4, -0.2) is 44.7 Å². The fourth-order valence-corrected chi connectivity index (χ4v) is 3.65. The standard InChI is InChI=1S/C23H30N2O3/c1-27-21-12-9-19(16-22(21)28-2)17-23(26)24-20-10-7-18(8-11-20)6-5-15-25-13-3-4-14-25/h7-12,16H,3-6,13-15,17H2,1-2H3,(H,24,26). The molecule has 1 fully saturated rings. The summed E-state index contributed by atoms with van der Waals surface area (Å²) in [6.07, 6.45) is 5.24. The van der Waals surface area contributed by atoms with E-state index in [4.69, 9.17) is 9.47 Å². The minimum Gasteiger partial charge on any atom is -0.493 e. The van der Waals surface area contributed by atoms with Crippen molar-refractivity contribution < 1.29 is 14.3 Å². The Labute approximate surface area is 167 Å². The van der Waals surface area contributed by atoms with Crippen molar-refractivity contribution in [2.24, 2.45) is 0 Å². The van der Waals surface area contributed by atoms with E-state index < -0.39 is 0 Å². The molecular formula is C23H30N2O3. The lowest BCUT2D eigenvalue weighted by molar-refractivity contribution is -0.115. The lowest BCUT2D eigenvalue weighted by Crippen LogP contribution is -2.20. The predicted octanol–water partition coefficient (Wildman–Crippen LogP) is 3.91. The first-order chi connectivity index (χ1) is 13.7. The molecule has 150 valence electrons. The van der Waals surface area contributed by atoms with Gasteiger partial charge in [0.15, 0.2) is 11.5 Å². The van der Waals surface area contributed by atoms with Crippen molar-refractivity contribution in [2.75, 3.05) is 39.2 Å². The van der Waals surface area contributed by atoms with Crippen LogP contribution in [0.2, 0.25) is 0 Å². The van der Waals surface area contributed by atoms with Gasteiger partial charge in [-0.1, -0.05) is 18.2 Å². The molecule has 0 radical (unpaired) electrons. The maximum atomic E-state index is 12.4. The van der Waals surface area contributed by atoms with Crippen LogP contribution in [0.25, 0.3) is 0 Å². The van der Waals surface area contributed by atoms with E-state index >= 15 is 0 Å². The van der Waals surface area contributed by atoms with Crippen LogP contribution >= 0.6 is 0 Å². The van der Waals surface area contributed by atoms with E-state index in [-0.39, 0.29) is 12.3 Å². The van der Waals surface area contributed by atoms with Crippen LogP contribution in [-0.2, 0) is 17.6 Å². The highest BCUT2D eigenvalue weighted by Gasteiger charge is 2.11. The van der Waals surface area contributed by atoms with Crippen molar-refractivity contribution >= 4 is 11.6 Å². The number of rotatable bonds is 9. The minimum absolute atomic E-state index is 0.0472. The van der Waals surface area contributed by atoms with E-state index in [1.165, 1.54) is 44.5 Å². The number of carbonyl (C=O) groups excluding carboxylic acids is 1. The first-order valence-electron chi connectivity index (χ1n) is 10.00. The van der Waals surface area contributed by atoms with Crippen LogP contribution in [0.15, 0.2) is 42.5 Å². The molecule has 2 aromatic carbocycles. The van der Waals surface area contributed by atoms with E-state index in [0.717, 1.165) is 17.7 Å². The quantitative estimate of drug-likeness (QED) is 0.714. The van der Waals surface area contributed by atoms with Crippen molar-refractivity contribution in [2.45, 2.75) is 32.1 Å². The summed E-state index contributed by atoms with van der Waals surface area (Å²) in [7, 11) is 3.19. The number of nitrogens with one attached hydrogen (secondary N) is 1. The lowest BCUT2D eigenvalue weighted by atomic mass is 10.1. The molecule has 1 N–H and O–H groups in total. The van der Waals surface area contributed by atoms with Gasteiger partial charge in [-0.3, -0.25) is 4.79 Å². The van der Waals surface area contributed by atoms with Gasteiger partial charge in [0.05, 0.1) is 20.6 Å². The molecule has 0 aromatic heterocycles. The Morgan fingerprint density at radius 3 is 2.32 bits per heavy atom. The summed E-state index contributed by atoms with van der Waals surface area (Å²) in [5.41, 5.74) is 3.03. The number of nitrogens with zero attached hydrogens (tertiary/aromatic N) is 1. The molecule has 0 aliphatic carbocycles. The third kappa shape index (κ3) is 5.73. The zero-order chi connectivity index (χ0) is 19.8. The Balaban J connectivity index is 1.47. The normalized spacial score (nSPS) is 14.1. The fourth-order valence-electron chi connectivity index (χ4n) is 3.65. The molecule has 1 saturated heterocycles. The predicted molar refractivity (Wildman–Crippen MR) is 112 cm³/mol. The molecule has 0 atom stereocenters. The van der Waals surface area contributed by atoms with Crippen molar-refractivity contribution in [3.63, 3.8) is 0 Å². The molecule has 28 heavy (non-hydrogen) atoms. The zero-order valence-corrected chi connectivity index (χ0v) is 16.9. The van der Waals surface area contributed by atoms with Crippen LogP contribution in [0, 0.1) is 0 Å². The van der Waals surface area contributed by atoms with E-state index in [0.29, 0.717) is 11.5 Å². The number of methoxy groups -OCH3 is 2. The number of anilines is 1. The van der Waals surface area contributed by atoms with Crippen molar-refractivity contribution in [3.05, 3.63) is 53.6 Å². The molecule has 1 amide bonds. The monoisotopic (exact) mass is 382 g/mol. The molecule has 0 spiro atoms. The summed E-state index contributed by atoms with van der Waals surface area (Å²) in [5.74, 6) is 1.24. The lowest BCUT2D eigenvalue weighted by Gasteiger charge is -2.14. The second-order valence-corrected chi connectivity index (χ2v) is 7.26. The SMILES string of the molecule is COc1ccc(CC(=O)Nc2ccc(CCCN3CCCC3)cc2)cc1OC. The summed E-state index contributed by atoms with van der Waals surface area (Å²) in [6.45, 7) is 3.69. The average molecular weight is 383 g/mol. The Morgan fingerprint density at radius 1 is 0.964 bits per heavy atom. The third-order valence-corrected chi connectivity index (χ3v) is 5.19. The van der Waals surface area contributed by atoms with Gasteiger partial charge in [0.25, 0.3) is 0 Å². The van der Waals surface area contributed by atoms with E-state index in [2.05, 4.69) is 22.3 Å². The van der Waals surface area contributed by atoms with Crippen LogP contribution in [0.4, 0.5) is 5.69 Å². The van der Waals surface area contributed by atoms with E-state index in [1.54, 1.807) is 14.2 Å². The topological polar surface area (TPSA) is 50.8 Å². The van der Waals surface area contributed by atoms with Crippen LogP contribution < -0.4 is 14.8 Å². The van der Waals surface area contributed by atoms with Crippen molar-refractivity contribution in [3.8, 4) is 11.5 Å². The van der Waals surface area contributed by atoms with Crippen LogP contribution in [0.3, 0.4) is 0 Å². The van der Waals surface area contributed by atoms with Gasteiger partial charge in [0, 0.05) is 5.69 Å².